The number of nitrogens with zero attached hydrogens (tertiary/aromatic N) is 1. The molecule has 0 saturated carbocycles. The zero-order chi connectivity index (χ0) is 19.3. The van der Waals surface area contributed by atoms with Crippen molar-refractivity contribution in [2.45, 2.75) is 20.0 Å². The molecule has 0 aliphatic rings. The molecule has 0 heterocycles. The minimum Gasteiger partial charge on any atom is -0.496 e. The minimum atomic E-state index is -1.02. The van der Waals surface area contributed by atoms with Gasteiger partial charge in [0.15, 0.2) is 6.10 Å². The second-order valence-corrected chi connectivity index (χ2v) is 5.93. The number of amides is 1. The van der Waals surface area contributed by atoms with E-state index in [-0.39, 0.29) is 10.6 Å². The molecule has 0 aliphatic carbocycles. The summed E-state index contributed by atoms with van der Waals surface area (Å²) >= 11 is 5.93. The summed E-state index contributed by atoms with van der Waals surface area (Å²) in [6.45, 7) is 3.32. The Morgan fingerprint density at radius 1 is 1.23 bits per heavy atom. The van der Waals surface area contributed by atoms with Gasteiger partial charge in [0.25, 0.3) is 5.91 Å². The molecule has 0 fully saturated rings. The summed E-state index contributed by atoms with van der Waals surface area (Å²) in [5.41, 5.74) is 1.87. The Kier molecular flexibility index (Phi) is 6.21. The van der Waals surface area contributed by atoms with Crippen molar-refractivity contribution in [1.29, 1.82) is 5.26 Å². The molecule has 0 aromatic heterocycles. The Balaban J connectivity index is 2.03. The van der Waals surface area contributed by atoms with Gasteiger partial charge in [0.05, 0.1) is 23.3 Å². The number of carbonyl (C=O) groups is 2. The Morgan fingerprint density at radius 3 is 2.58 bits per heavy atom. The zero-order valence-corrected chi connectivity index (χ0v) is 15.3. The number of nitrogens with one attached hydrogen (secondary N) is 1. The fraction of sp³-hybridized carbons (Fsp3) is 0.211. The molecule has 1 atom stereocenters. The molecule has 1 N–H and O–H groups in total. The first-order valence-electron chi connectivity index (χ1n) is 7.72. The number of benzene rings is 2. The standard InChI is InChI=1S/C19H17ClN2O4/c1-11-4-5-13(8-17(11)25-3)19(24)26-12(2)18(23)22-15-7-6-14(10-21)16(20)9-15/h4-9,12H,1-3H3,(H,22,23). The molecule has 26 heavy (non-hydrogen) atoms. The summed E-state index contributed by atoms with van der Waals surface area (Å²) in [4.78, 5) is 24.4. The average Bonchev–Trinajstić information content (AvgIpc) is 2.62. The lowest BCUT2D eigenvalue weighted by molar-refractivity contribution is -0.123. The van der Waals surface area contributed by atoms with Gasteiger partial charge in [0.2, 0.25) is 0 Å². The van der Waals surface area contributed by atoms with Crippen LogP contribution in [0.4, 0.5) is 5.69 Å². The average molecular weight is 373 g/mol. The van der Waals surface area contributed by atoms with Crippen molar-refractivity contribution in [3.63, 3.8) is 0 Å². The van der Waals surface area contributed by atoms with E-state index in [1.54, 1.807) is 24.3 Å². The largest absolute Gasteiger partial charge is 0.496 e. The van der Waals surface area contributed by atoms with Crippen molar-refractivity contribution in [3.8, 4) is 11.8 Å². The van der Waals surface area contributed by atoms with Gasteiger partial charge < -0.3 is 14.8 Å². The second kappa shape index (κ2) is 8.37. The number of rotatable bonds is 5. The van der Waals surface area contributed by atoms with Crippen LogP contribution in [-0.2, 0) is 9.53 Å². The summed E-state index contributed by atoms with van der Waals surface area (Å²) in [6.07, 6.45) is -1.02. The van der Waals surface area contributed by atoms with E-state index in [1.807, 2.05) is 13.0 Å². The van der Waals surface area contributed by atoms with Crippen LogP contribution >= 0.6 is 11.6 Å². The molecular weight excluding hydrogens is 356 g/mol. The monoisotopic (exact) mass is 372 g/mol. The summed E-state index contributed by atoms with van der Waals surface area (Å²) in [7, 11) is 1.51. The number of hydrogen-bond acceptors (Lipinski definition) is 5. The first-order valence-corrected chi connectivity index (χ1v) is 8.09. The highest BCUT2D eigenvalue weighted by molar-refractivity contribution is 6.32. The molecule has 0 spiro atoms. The fourth-order valence-electron chi connectivity index (χ4n) is 2.16. The van der Waals surface area contributed by atoms with Crippen molar-refractivity contribution in [2.75, 3.05) is 12.4 Å². The quantitative estimate of drug-likeness (QED) is 0.808. The highest BCUT2D eigenvalue weighted by Crippen LogP contribution is 2.21. The number of esters is 1. The SMILES string of the molecule is COc1cc(C(=O)OC(C)C(=O)Nc2ccc(C#N)c(Cl)c2)ccc1C. The van der Waals surface area contributed by atoms with Gasteiger partial charge in [-0.2, -0.15) is 5.26 Å². The van der Waals surface area contributed by atoms with Gasteiger partial charge >= 0.3 is 5.97 Å². The third-order valence-corrected chi connectivity index (χ3v) is 3.97. The summed E-state index contributed by atoms with van der Waals surface area (Å²) < 4.78 is 10.4. The smallest absolute Gasteiger partial charge is 0.339 e. The third kappa shape index (κ3) is 4.52. The molecule has 6 nitrogen and oxygen atoms in total. The van der Waals surface area contributed by atoms with E-state index in [0.717, 1.165) is 5.56 Å². The van der Waals surface area contributed by atoms with Gasteiger partial charge in [0.1, 0.15) is 11.8 Å². The van der Waals surface area contributed by atoms with Crippen LogP contribution in [0.25, 0.3) is 0 Å². The maximum Gasteiger partial charge on any atom is 0.339 e. The van der Waals surface area contributed by atoms with Gasteiger partial charge in [-0.15, -0.1) is 0 Å². The van der Waals surface area contributed by atoms with Crippen LogP contribution in [0.5, 0.6) is 5.75 Å². The topological polar surface area (TPSA) is 88.4 Å². The molecule has 0 aliphatic heterocycles. The number of carbonyl (C=O) groups excluding carboxylic acids is 2. The zero-order valence-electron chi connectivity index (χ0n) is 14.5. The number of halogens is 1. The number of aryl methyl sites for hydroxylation is 1. The third-order valence-electron chi connectivity index (χ3n) is 3.65. The van der Waals surface area contributed by atoms with Crippen LogP contribution in [0.1, 0.15) is 28.4 Å². The first-order chi connectivity index (χ1) is 12.3. The highest BCUT2D eigenvalue weighted by atomic mass is 35.5. The molecule has 2 aromatic carbocycles. The lowest BCUT2D eigenvalue weighted by atomic mass is 10.1. The Labute approximate surface area is 156 Å². The molecule has 134 valence electrons. The fourth-order valence-corrected chi connectivity index (χ4v) is 2.38. The molecule has 0 bridgehead atoms. The van der Waals surface area contributed by atoms with Crippen LogP contribution in [0.3, 0.4) is 0 Å². The number of anilines is 1. The van der Waals surface area contributed by atoms with Gasteiger partial charge in [-0.05, 0) is 49.7 Å². The summed E-state index contributed by atoms with van der Waals surface area (Å²) in [5, 5.41) is 11.7. The Bertz CT molecular complexity index is 890. The molecule has 2 rings (SSSR count). The highest BCUT2D eigenvalue weighted by Gasteiger charge is 2.20. The van der Waals surface area contributed by atoms with E-state index in [9.17, 15) is 9.59 Å². The van der Waals surface area contributed by atoms with Crippen LogP contribution in [0, 0.1) is 18.3 Å². The molecule has 2 aromatic rings. The number of hydrogen-bond donors (Lipinski definition) is 1. The maximum absolute atomic E-state index is 12.2. The molecule has 0 saturated heterocycles. The second-order valence-electron chi connectivity index (χ2n) is 5.53. The van der Waals surface area contributed by atoms with E-state index < -0.39 is 18.0 Å². The normalized spacial score (nSPS) is 11.2. The van der Waals surface area contributed by atoms with Crippen molar-refractivity contribution < 1.29 is 19.1 Å². The van der Waals surface area contributed by atoms with Gasteiger partial charge in [-0.1, -0.05) is 17.7 Å². The van der Waals surface area contributed by atoms with E-state index in [4.69, 9.17) is 26.3 Å². The predicted octanol–water partition coefficient (Wildman–Crippen LogP) is 3.71. The molecular formula is C19H17ClN2O4. The lowest BCUT2D eigenvalue weighted by Crippen LogP contribution is -2.30. The molecule has 7 heteroatoms. The summed E-state index contributed by atoms with van der Waals surface area (Å²) in [5.74, 6) is -0.592. The number of nitriles is 1. The Hall–Kier alpha value is -3.04. The van der Waals surface area contributed by atoms with Crippen molar-refractivity contribution in [2.24, 2.45) is 0 Å². The number of methoxy groups -OCH3 is 1. The van der Waals surface area contributed by atoms with Gasteiger partial charge in [0, 0.05) is 5.69 Å². The first kappa shape index (κ1) is 19.3. The molecule has 1 unspecified atom stereocenters. The van der Waals surface area contributed by atoms with Crippen LogP contribution in [0.2, 0.25) is 5.02 Å². The van der Waals surface area contributed by atoms with Crippen LogP contribution in [0.15, 0.2) is 36.4 Å². The van der Waals surface area contributed by atoms with E-state index in [0.29, 0.717) is 17.0 Å². The van der Waals surface area contributed by atoms with Crippen LogP contribution in [-0.4, -0.2) is 25.1 Å². The van der Waals surface area contributed by atoms with Crippen molar-refractivity contribution in [1.82, 2.24) is 0 Å². The number of ether oxygens (including phenoxy) is 2. The van der Waals surface area contributed by atoms with Crippen molar-refractivity contribution in [3.05, 3.63) is 58.1 Å². The van der Waals surface area contributed by atoms with Crippen molar-refractivity contribution >= 4 is 29.2 Å². The predicted molar refractivity (Wildman–Crippen MR) is 97.4 cm³/mol. The minimum absolute atomic E-state index is 0.224. The maximum atomic E-state index is 12.2. The van der Waals surface area contributed by atoms with E-state index >= 15 is 0 Å². The van der Waals surface area contributed by atoms with Gasteiger partial charge in [-0.25, -0.2) is 4.79 Å². The van der Waals surface area contributed by atoms with Crippen LogP contribution < -0.4 is 10.1 Å². The lowest BCUT2D eigenvalue weighted by Gasteiger charge is -2.14. The summed E-state index contributed by atoms with van der Waals surface area (Å²) in [6, 6.07) is 11.3. The van der Waals surface area contributed by atoms with E-state index in [2.05, 4.69) is 5.32 Å². The van der Waals surface area contributed by atoms with E-state index in [1.165, 1.54) is 26.2 Å². The molecule has 0 radical (unpaired) electrons. The molecule has 1 amide bonds. The van der Waals surface area contributed by atoms with Gasteiger partial charge in [-0.3, -0.25) is 4.79 Å². The Morgan fingerprint density at radius 2 is 1.96 bits per heavy atom.